The molecule has 2 amide bonds. The minimum absolute atomic E-state index is 0.0252. The second-order valence-corrected chi connectivity index (χ2v) is 7.97. The van der Waals surface area contributed by atoms with Gasteiger partial charge in [-0.2, -0.15) is 0 Å². The van der Waals surface area contributed by atoms with Crippen molar-refractivity contribution in [1.82, 2.24) is 10.6 Å². The molecule has 7 heteroatoms. The number of benzene rings is 3. The molecule has 1 atom stereocenters. The lowest BCUT2D eigenvalue weighted by Gasteiger charge is -2.18. The van der Waals surface area contributed by atoms with Crippen LogP contribution in [0.1, 0.15) is 29.5 Å². The second-order valence-electron chi connectivity index (χ2n) is 7.97. The van der Waals surface area contributed by atoms with Gasteiger partial charge in [0, 0.05) is 13.0 Å². The molecule has 0 heterocycles. The van der Waals surface area contributed by atoms with Crippen LogP contribution in [-0.2, 0) is 38.7 Å². The van der Waals surface area contributed by atoms with E-state index in [2.05, 4.69) is 10.6 Å². The highest BCUT2D eigenvalue weighted by atomic mass is 16.5. The van der Waals surface area contributed by atoms with Crippen LogP contribution in [0.25, 0.3) is 0 Å². The number of carbonyl (C=O) groups is 3. The summed E-state index contributed by atoms with van der Waals surface area (Å²) in [5.41, 5.74) is 2.79. The zero-order valence-corrected chi connectivity index (χ0v) is 19.5. The Bertz CT molecular complexity index is 1060. The van der Waals surface area contributed by atoms with Crippen LogP contribution >= 0.6 is 0 Å². The molecule has 3 aromatic rings. The molecule has 0 radical (unpaired) electrons. The first-order valence-electron chi connectivity index (χ1n) is 11.6. The van der Waals surface area contributed by atoms with E-state index in [9.17, 15) is 14.4 Å². The van der Waals surface area contributed by atoms with E-state index in [4.69, 9.17) is 9.47 Å². The molecule has 0 aromatic heterocycles. The lowest BCUT2D eigenvalue weighted by atomic mass is 10.1. The summed E-state index contributed by atoms with van der Waals surface area (Å²) >= 11 is 0. The van der Waals surface area contributed by atoms with E-state index in [1.54, 1.807) is 0 Å². The molecule has 0 fully saturated rings. The lowest BCUT2D eigenvalue weighted by molar-refractivity contribution is -0.145. The van der Waals surface area contributed by atoms with Crippen LogP contribution in [0.3, 0.4) is 0 Å². The van der Waals surface area contributed by atoms with Gasteiger partial charge in [-0.3, -0.25) is 9.59 Å². The normalized spacial score (nSPS) is 11.2. The number of rotatable bonds is 12. The first-order chi connectivity index (χ1) is 17.1. The molecule has 3 aromatic carbocycles. The molecule has 182 valence electrons. The van der Waals surface area contributed by atoms with E-state index >= 15 is 0 Å². The highest BCUT2D eigenvalue weighted by Gasteiger charge is 2.23. The van der Waals surface area contributed by atoms with Crippen molar-refractivity contribution >= 4 is 18.0 Å². The topological polar surface area (TPSA) is 93.7 Å². The van der Waals surface area contributed by atoms with Gasteiger partial charge in [-0.05, 0) is 29.5 Å². The fourth-order valence-electron chi connectivity index (χ4n) is 3.35. The number of hydrogen-bond acceptors (Lipinski definition) is 5. The van der Waals surface area contributed by atoms with Crippen molar-refractivity contribution in [3.05, 3.63) is 108 Å². The summed E-state index contributed by atoms with van der Waals surface area (Å²) in [6.45, 7) is 0.632. The maximum absolute atomic E-state index is 12.8. The van der Waals surface area contributed by atoms with Crippen molar-refractivity contribution in [2.75, 3.05) is 6.54 Å². The minimum Gasteiger partial charge on any atom is -0.461 e. The third-order valence-electron chi connectivity index (χ3n) is 5.26. The average molecular weight is 475 g/mol. The van der Waals surface area contributed by atoms with Crippen LogP contribution in [0.15, 0.2) is 91.0 Å². The van der Waals surface area contributed by atoms with Crippen LogP contribution < -0.4 is 10.6 Å². The maximum Gasteiger partial charge on any atom is 0.408 e. The van der Waals surface area contributed by atoms with E-state index in [1.807, 2.05) is 91.0 Å². The SMILES string of the molecule is O=C(CC[C@H](NC(=O)OCc1ccccc1)C(=O)NCCc1ccccc1)OCc1ccccc1. The third kappa shape index (κ3) is 9.71. The van der Waals surface area contributed by atoms with Gasteiger partial charge in [-0.1, -0.05) is 91.0 Å². The van der Waals surface area contributed by atoms with E-state index in [0.29, 0.717) is 13.0 Å². The molecule has 0 aliphatic carbocycles. The van der Waals surface area contributed by atoms with Crippen molar-refractivity contribution in [2.24, 2.45) is 0 Å². The maximum atomic E-state index is 12.8. The van der Waals surface area contributed by atoms with Gasteiger partial charge in [-0.25, -0.2) is 4.79 Å². The van der Waals surface area contributed by atoms with Crippen LogP contribution in [0, 0.1) is 0 Å². The molecule has 0 saturated carbocycles. The third-order valence-corrected chi connectivity index (χ3v) is 5.26. The van der Waals surface area contributed by atoms with Gasteiger partial charge in [0.25, 0.3) is 0 Å². The number of alkyl carbamates (subject to hydrolysis) is 1. The van der Waals surface area contributed by atoms with E-state index < -0.39 is 18.1 Å². The minimum atomic E-state index is -0.932. The summed E-state index contributed by atoms with van der Waals surface area (Å²) in [6, 6.07) is 27.4. The van der Waals surface area contributed by atoms with Crippen molar-refractivity contribution in [3.63, 3.8) is 0 Å². The highest BCUT2D eigenvalue weighted by molar-refractivity contribution is 5.86. The molecule has 0 spiro atoms. The monoisotopic (exact) mass is 474 g/mol. The molecule has 0 aliphatic heterocycles. The second kappa shape index (κ2) is 14.2. The Labute approximate surface area is 205 Å². The molecule has 0 bridgehead atoms. The number of hydrogen-bond donors (Lipinski definition) is 2. The van der Waals surface area contributed by atoms with Crippen LogP contribution in [-0.4, -0.2) is 30.6 Å². The van der Waals surface area contributed by atoms with Gasteiger partial charge in [0.05, 0.1) is 0 Å². The van der Waals surface area contributed by atoms with E-state index in [0.717, 1.165) is 16.7 Å². The number of ether oxygens (including phenoxy) is 2. The fourth-order valence-corrected chi connectivity index (χ4v) is 3.35. The molecule has 35 heavy (non-hydrogen) atoms. The number of carbonyl (C=O) groups excluding carboxylic acids is 3. The Morgan fingerprint density at radius 1 is 0.686 bits per heavy atom. The first kappa shape index (κ1) is 25.5. The Kier molecular flexibility index (Phi) is 10.3. The lowest BCUT2D eigenvalue weighted by Crippen LogP contribution is -2.47. The molecule has 7 nitrogen and oxygen atoms in total. The Morgan fingerprint density at radius 3 is 1.77 bits per heavy atom. The summed E-state index contributed by atoms with van der Waals surface area (Å²) in [7, 11) is 0. The van der Waals surface area contributed by atoms with Crippen molar-refractivity contribution < 1.29 is 23.9 Å². The van der Waals surface area contributed by atoms with Gasteiger partial charge in [0.1, 0.15) is 19.3 Å². The fraction of sp³-hybridized carbons (Fsp3) is 0.250. The van der Waals surface area contributed by atoms with Gasteiger partial charge < -0.3 is 20.1 Å². The standard InChI is InChI=1S/C28H30N2O5/c31-26(34-20-23-12-6-2-7-13-23)17-16-25(27(32)29-19-18-22-10-4-1-5-11-22)30-28(33)35-21-24-14-8-3-9-15-24/h1-15,25H,16-21H2,(H,29,32)(H,30,33)/t25-/m0/s1. The highest BCUT2D eigenvalue weighted by Crippen LogP contribution is 2.07. The average Bonchev–Trinajstić information content (AvgIpc) is 2.90. The Hall–Kier alpha value is -4.13. The van der Waals surface area contributed by atoms with E-state index in [-0.39, 0.29) is 32.0 Å². The van der Waals surface area contributed by atoms with Crippen LogP contribution in [0.4, 0.5) is 4.79 Å². The zero-order valence-electron chi connectivity index (χ0n) is 19.5. The van der Waals surface area contributed by atoms with Crippen molar-refractivity contribution in [3.8, 4) is 0 Å². The Morgan fingerprint density at radius 2 is 1.20 bits per heavy atom. The van der Waals surface area contributed by atoms with Gasteiger partial charge in [0.15, 0.2) is 0 Å². The number of esters is 1. The van der Waals surface area contributed by atoms with Gasteiger partial charge in [0.2, 0.25) is 5.91 Å². The predicted molar refractivity (Wildman–Crippen MR) is 132 cm³/mol. The van der Waals surface area contributed by atoms with E-state index in [1.165, 1.54) is 0 Å². The summed E-state index contributed by atoms with van der Waals surface area (Å²) in [4.78, 5) is 37.4. The predicted octanol–water partition coefficient (Wildman–Crippen LogP) is 4.16. The number of nitrogens with one attached hydrogen (secondary N) is 2. The molecule has 2 N–H and O–H groups in total. The largest absolute Gasteiger partial charge is 0.461 e. The summed E-state index contributed by atoms with van der Waals surface area (Å²) < 4.78 is 10.5. The smallest absolute Gasteiger partial charge is 0.408 e. The molecule has 0 unspecified atom stereocenters. The zero-order chi connectivity index (χ0) is 24.7. The molecule has 3 rings (SSSR count). The summed E-state index contributed by atoms with van der Waals surface area (Å²) in [5, 5.41) is 5.41. The van der Waals surface area contributed by atoms with Gasteiger partial charge in [-0.15, -0.1) is 0 Å². The first-order valence-corrected chi connectivity index (χ1v) is 11.6. The van der Waals surface area contributed by atoms with Gasteiger partial charge >= 0.3 is 12.1 Å². The molecule has 0 saturated heterocycles. The van der Waals surface area contributed by atoms with Crippen LogP contribution in [0.2, 0.25) is 0 Å². The van der Waals surface area contributed by atoms with Crippen molar-refractivity contribution in [1.29, 1.82) is 0 Å². The van der Waals surface area contributed by atoms with Crippen molar-refractivity contribution in [2.45, 2.75) is 38.5 Å². The quantitative estimate of drug-likeness (QED) is 0.385. The summed E-state index contributed by atoms with van der Waals surface area (Å²) in [5.74, 6) is -0.830. The molecular formula is C28H30N2O5. The summed E-state index contributed by atoms with van der Waals surface area (Å²) in [6.07, 6.45) is -0.0141. The number of amides is 2. The van der Waals surface area contributed by atoms with Crippen LogP contribution in [0.5, 0.6) is 0 Å². The molecular weight excluding hydrogens is 444 g/mol. The Balaban J connectivity index is 1.50. The molecule has 0 aliphatic rings.